The molecule has 0 bridgehead atoms. The third kappa shape index (κ3) is 3.49. The van der Waals surface area contributed by atoms with E-state index in [1.807, 2.05) is 6.07 Å². The molecule has 1 aliphatic carbocycles. The Kier molecular flexibility index (Phi) is 4.74. The van der Waals surface area contributed by atoms with Gasteiger partial charge in [0.2, 0.25) is 0 Å². The van der Waals surface area contributed by atoms with Crippen molar-refractivity contribution in [2.24, 2.45) is 11.3 Å². The molecule has 0 aromatic carbocycles. The minimum Gasteiger partial charge on any atom is -0.309 e. The zero-order valence-electron chi connectivity index (χ0n) is 11.6. The topological polar surface area (TPSA) is 12.0 Å². The first kappa shape index (κ1) is 14.4. The Hall–Kier alpha value is -0.0500. The fourth-order valence-electron chi connectivity index (χ4n) is 2.97. The van der Waals surface area contributed by atoms with Crippen LogP contribution in [0.4, 0.5) is 0 Å². The van der Waals surface area contributed by atoms with Gasteiger partial charge in [0.1, 0.15) is 0 Å². The molecule has 0 spiro atoms. The van der Waals surface area contributed by atoms with Gasteiger partial charge in [-0.15, -0.1) is 11.3 Å². The van der Waals surface area contributed by atoms with Gasteiger partial charge in [-0.1, -0.05) is 32.4 Å². The Balaban J connectivity index is 2.07. The lowest BCUT2D eigenvalue weighted by atomic mass is 9.71. The lowest BCUT2D eigenvalue weighted by molar-refractivity contribution is 0.163. The van der Waals surface area contributed by atoms with Gasteiger partial charge in [0.15, 0.2) is 0 Å². The summed E-state index contributed by atoms with van der Waals surface area (Å²) in [6.07, 6.45) is 5.36. The predicted octanol–water partition coefficient (Wildman–Crippen LogP) is 5.27. The highest BCUT2D eigenvalue weighted by atomic mass is 35.5. The molecule has 0 radical (unpaired) electrons. The molecule has 1 atom stereocenters. The van der Waals surface area contributed by atoms with Gasteiger partial charge in [0.05, 0.1) is 4.34 Å². The predicted molar refractivity (Wildman–Crippen MR) is 81.5 cm³/mol. The molecule has 1 saturated carbocycles. The fraction of sp³-hybridized carbons (Fsp3) is 0.733. The molecule has 2 rings (SSSR count). The summed E-state index contributed by atoms with van der Waals surface area (Å²) >= 11 is 7.81. The largest absolute Gasteiger partial charge is 0.309 e. The molecular weight excluding hydrogens is 262 g/mol. The molecular formula is C15H24ClNS. The molecule has 1 heterocycles. The first-order valence-corrected chi connectivity index (χ1v) is 8.20. The Labute approximate surface area is 120 Å². The zero-order valence-corrected chi connectivity index (χ0v) is 13.2. The Bertz CT molecular complexity index is 376. The highest BCUT2D eigenvalue weighted by molar-refractivity contribution is 7.16. The van der Waals surface area contributed by atoms with Gasteiger partial charge >= 0.3 is 0 Å². The van der Waals surface area contributed by atoms with Crippen molar-refractivity contribution in [3.05, 3.63) is 21.3 Å². The highest BCUT2D eigenvalue weighted by Gasteiger charge is 2.32. The Morgan fingerprint density at radius 1 is 1.39 bits per heavy atom. The number of hydrogen-bond donors (Lipinski definition) is 1. The average molecular weight is 286 g/mol. The molecule has 102 valence electrons. The van der Waals surface area contributed by atoms with E-state index in [2.05, 4.69) is 32.2 Å². The second-order valence-electron chi connectivity index (χ2n) is 6.18. The van der Waals surface area contributed by atoms with E-state index >= 15 is 0 Å². The van der Waals surface area contributed by atoms with Crippen LogP contribution < -0.4 is 5.32 Å². The lowest BCUT2D eigenvalue weighted by Crippen LogP contribution is -2.32. The van der Waals surface area contributed by atoms with Crippen LogP contribution in [-0.2, 0) is 0 Å². The molecule has 0 amide bonds. The Morgan fingerprint density at radius 3 is 2.56 bits per heavy atom. The molecule has 1 aromatic rings. The van der Waals surface area contributed by atoms with Crippen molar-refractivity contribution in [3.8, 4) is 0 Å². The summed E-state index contributed by atoms with van der Waals surface area (Å²) in [5, 5.41) is 3.66. The molecule has 0 aliphatic heterocycles. The average Bonchev–Trinajstić information content (AvgIpc) is 2.73. The van der Waals surface area contributed by atoms with Crippen LogP contribution in [-0.4, -0.2) is 6.54 Å². The van der Waals surface area contributed by atoms with E-state index in [1.165, 1.54) is 30.6 Å². The van der Waals surface area contributed by atoms with Crippen LogP contribution in [0.15, 0.2) is 12.1 Å². The van der Waals surface area contributed by atoms with Crippen LogP contribution in [0.1, 0.15) is 57.4 Å². The third-order valence-corrected chi connectivity index (χ3v) is 5.49. The summed E-state index contributed by atoms with van der Waals surface area (Å²) < 4.78 is 0.907. The maximum absolute atomic E-state index is 6.08. The molecule has 1 fully saturated rings. The van der Waals surface area contributed by atoms with Gasteiger partial charge in [0.25, 0.3) is 0 Å². The second-order valence-corrected chi connectivity index (χ2v) is 7.93. The van der Waals surface area contributed by atoms with Gasteiger partial charge in [0, 0.05) is 10.9 Å². The van der Waals surface area contributed by atoms with Crippen molar-refractivity contribution in [3.63, 3.8) is 0 Å². The normalized spacial score (nSPS) is 22.0. The van der Waals surface area contributed by atoms with Crippen molar-refractivity contribution in [1.29, 1.82) is 0 Å². The van der Waals surface area contributed by atoms with Crippen LogP contribution in [0.5, 0.6) is 0 Å². The smallest absolute Gasteiger partial charge is 0.0931 e. The van der Waals surface area contributed by atoms with E-state index in [1.54, 1.807) is 11.3 Å². The quantitative estimate of drug-likeness (QED) is 0.795. The number of rotatable bonds is 4. The number of halogens is 1. The van der Waals surface area contributed by atoms with Crippen LogP contribution in [0, 0.1) is 11.3 Å². The van der Waals surface area contributed by atoms with Crippen molar-refractivity contribution >= 4 is 22.9 Å². The van der Waals surface area contributed by atoms with E-state index < -0.39 is 0 Å². The van der Waals surface area contributed by atoms with Crippen LogP contribution >= 0.6 is 22.9 Å². The number of hydrogen-bond acceptors (Lipinski definition) is 2. The molecule has 1 aliphatic rings. The summed E-state index contributed by atoms with van der Waals surface area (Å²) in [5.41, 5.74) is 0.542. The van der Waals surface area contributed by atoms with Gasteiger partial charge in [-0.05, 0) is 55.7 Å². The minimum absolute atomic E-state index is 0.503. The molecule has 0 saturated heterocycles. The molecule has 18 heavy (non-hydrogen) atoms. The zero-order chi connectivity index (χ0) is 13.2. The monoisotopic (exact) mass is 285 g/mol. The Morgan fingerprint density at radius 2 is 2.06 bits per heavy atom. The van der Waals surface area contributed by atoms with E-state index in [4.69, 9.17) is 11.6 Å². The van der Waals surface area contributed by atoms with Crippen LogP contribution in [0.2, 0.25) is 4.34 Å². The standard InChI is InChI=1S/C15H24ClNS/c1-4-17-14(12-5-6-13(16)18-12)11-7-9-15(2,3)10-8-11/h5-6,11,14,17H,4,7-10H2,1-3H3. The first-order valence-electron chi connectivity index (χ1n) is 7.00. The van der Waals surface area contributed by atoms with Crippen molar-refractivity contribution in [2.45, 2.75) is 52.5 Å². The van der Waals surface area contributed by atoms with Crippen molar-refractivity contribution < 1.29 is 0 Å². The third-order valence-electron chi connectivity index (χ3n) is 4.18. The maximum Gasteiger partial charge on any atom is 0.0931 e. The maximum atomic E-state index is 6.08. The van der Waals surface area contributed by atoms with Crippen molar-refractivity contribution in [1.82, 2.24) is 5.32 Å². The van der Waals surface area contributed by atoms with E-state index in [9.17, 15) is 0 Å². The fourth-order valence-corrected chi connectivity index (χ4v) is 4.20. The summed E-state index contributed by atoms with van der Waals surface area (Å²) in [6.45, 7) is 8.01. The van der Waals surface area contributed by atoms with Crippen LogP contribution in [0.25, 0.3) is 0 Å². The summed E-state index contributed by atoms with van der Waals surface area (Å²) in [7, 11) is 0. The van der Waals surface area contributed by atoms with Gasteiger partial charge < -0.3 is 5.32 Å². The van der Waals surface area contributed by atoms with Gasteiger partial charge in [-0.3, -0.25) is 0 Å². The van der Waals surface area contributed by atoms with E-state index in [0.29, 0.717) is 11.5 Å². The molecule has 1 nitrogen and oxygen atoms in total. The number of nitrogens with one attached hydrogen (secondary N) is 1. The van der Waals surface area contributed by atoms with Gasteiger partial charge in [-0.2, -0.15) is 0 Å². The SMILES string of the molecule is CCNC(c1ccc(Cl)s1)C1CCC(C)(C)CC1. The molecule has 3 heteroatoms. The molecule has 1 N–H and O–H groups in total. The van der Waals surface area contributed by atoms with E-state index in [-0.39, 0.29) is 0 Å². The lowest BCUT2D eigenvalue weighted by Gasteiger charge is -2.38. The summed E-state index contributed by atoms with van der Waals surface area (Å²) in [4.78, 5) is 1.41. The minimum atomic E-state index is 0.503. The second kappa shape index (κ2) is 5.94. The molecule has 1 unspecified atom stereocenters. The number of thiophene rings is 1. The molecule has 1 aromatic heterocycles. The highest BCUT2D eigenvalue weighted by Crippen LogP contribution is 2.44. The van der Waals surface area contributed by atoms with Crippen molar-refractivity contribution in [2.75, 3.05) is 6.54 Å². The first-order chi connectivity index (χ1) is 8.52. The van der Waals surface area contributed by atoms with Crippen LogP contribution in [0.3, 0.4) is 0 Å². The summed E-state index contributed by atoms with van der Waals surface area (Å²) in [5.74, 6) is 0.771. The van der Waals surface area contributed by atoms with Gasteiger partial charge in [-0.25, -0.2) is 0 Å². The van der Waals surface area contributed by atoms with E-state index in [0.717, 1.165) is 16.8 Å². The summed E-state index contributed by atoms with van der Waals surface area (Å²) in [6, 6.07) is 4.72.